The smallest absolute Gasteiger partial charge is 0.233 e. The number of hydrogen-bond acceptors (Lipinski definition) is 4. The van der Waals surface area contributed by atoms with Crippen LogP contribution in [0, 0.1) is 0 Å². The zero-order valence-electron chi connectivity index (χ0n) is 9.57. The van der Waals surface area contributed by atoms with Crippen molar-refractivity contribution in [3.05, 3.63) is 23.8 Å². The molecule has 0 unspecified atom stereocenters. The first-order valence-electron chi connectivity index (χ1n) is 5.61. The zero-order chi connectivity index (χ0) is 12.7. The lowest BCUT2D eigenvalue weighted by molar-refractivity contribution is -0.121. The maximum absolute atomic E-state index is 11.2. The van der Waals surface area contributed by atoms with Gasteiger partial charge >= 0.3 is 0 Å². The number of amides is 1. The van der Waals surface area contributed by atoms with Crippen LogP contribution in [0.1, 0.15) is 32.1 Å². The molecule has 0 saturated heterocycles. The normalized spacial score (nSPS) is 14.3. The average Bonchev–Trinajstić information content (AvgIpc) is 2.64. The van der Waals surface area contributed by atoms with Crippen molar-refractivity contribution < 1.29 is 14.4 Å². The van der Waals surface area contributed by atoms with Crippen LogP contribution in [0.25, 0.3) is 0 Å². The summed E-state index contributed by atoms with van der Waals surface area (Å²) in [5, 5.41) is 0. The number of ketones is 2. The number of hydrazine groups is 1. The number of rotatable bonds is 6. The van der Waals surface area contributed by atoms with Gasteiger partial charge in [0, 0.05) is 6.42 Å². The van der Waals surface area contributed by atoms with Crippen molar-refractivity contribution in [2.75, 3.05) is 0 Å². The molecule has 0 aromatic rings. The molecule has 0 radical (unpaired) electrons. The first kappa shape index (κ1) is 13.3. The third kappa shape index (κ3) is 4.32. The standard InChI is InChI=1S/C12H16N2O3/c13-14-12(17)6-4-2-1-3-5-9-10(15)7-8-11(9)16/h5,7-8H,1-4,6,13H2,(H,14,17). The Bertz CT molecular complexity index is 363. The molecule has 1 aliphatic rings. The van der Waals surface area contributed by atoms with Crippen LogP contribution in [0.5, 0.6) is 0 Å². The van der Waals surface area contributed by atoms with E-state index in [4.69, 9.17) is 5.84 Å². The van der Waals surface area contributed by atoms with Gasteiger partial charge in [0.05, 0.1) is 5.57 Å². The van der Waals surface area contributed by atoms with E-state index in [1.54, 1.807) is 6.08 Å². The van der Waals surface area contributed by atoms with Crippen LogP contribution in [0.3, 0.4) is 0 Å². The molecule has 0 aromatic carbocycles. The van der Waals surface area contributed by atoms with Crippen LogP contribution >= 0.6 is 0 Å². The summed E-state index contributed by atoms with van der Waals surface area (Å²) >= 11 is 0. The summed E-state index contributed by atoms with van der Waals surface area (Å²) in [7, 11) is 0. The predicted octanol–water partition coefficient (Wildman–Crippen LogP) is 0.561. The molecular weight excluding hydrogens is 220 g/mol. The maximum atomic E-state index is 11.2. The van der Waals surface area contributed by atoms with Crippen LogP contribution < -0.4 is 11.3 Å². The summed E-state index contributed by atoms with van der Waals surface area (Å²) in [5.41, 5.74) is 2.33. The highest BCUT2D eigenvalue weighted by Crippen LogP contribution is 2.12. The minimum Gasteiger partial charge on any atom is -0.294 e. The van der Waals surface area contributed by atoms with Gasteiger partial charge in [-0.15, -0.1) is 0 Å². The van der Waals surface area contributed by atoms with Gasteiger partial charge in [-0.05, 0) is 31.4 Å². The molecule has 1 aliphatic carbocycles. The molecule has 1 rings (SSSR count). The monoisotopic (exact) mass is 236 g/mol. The molecule has 0 aromatic heterocycles. The first-order chi connectivity index (χ1) is 8.15. The van der Waals surface area contributed by atoms with Crippen LogP contribution in [-0.2, 0) is 14.4 Å². The molecule has 5 nitrogen and oxygen atoms in total. The van der Waals surface area contributed by atoms with Crippen molar-refractivity contribution in [1.29, 1.82) is 0 Å². The van der Waals surface area contributed by atoms with Gasteiger partial charge in [0.25, 0.3) is 0 Å². The topological polar surface area (TPSA) is 89.3 Å². The molecule has 0 fully saturated rings. The Balaban J connectivity index is 2.16. The number of nitrogens with one attached hydrogen (secondary N) is 1. The summed E-state index contributed by atoms with van der Waals surface area (Å²) in [6.45, 7) is 0. The predicted molar refractivity (Wildman–Crippen MR) is 62.7 cm³/mol. The summed E-state index contributed by atoms with van der Waals surface area (Å²) < 4.78 is 0. The number of carbonyl (C=O) groups excluding carboxylic acids is 3. The fraction of sp³-hybridized carbons (Fsp3) is 0.417. The third-order valence-electron chi connectivity index (χ3n) is 2.53. The highest BCUT2D eigenvalue weighted by Gasteiger charge is 2.18. The zero-order valence-corrected chi connectivity index (χ0v) is 9.57. The molecule has 3 N–H and O–H groups in total. The number of unbranched alkanes of at least 4 members (excludes halogenated alkanes) is 3. The lowest BCUT2D eigenvalue weighted by atomic mass is 10.1. The van der Waals surface area contributed by atoms with E-state index in [-0.39, 0.29) is 23.0 Å². The molecule has 0 atom stereocenters. The Hall–Kier alpha value is -1.75. The van der Waals surface area contributed by atoms with Crippen LogP contribution in [0.4, 0.5) is 0 Å². The maximum Gasteiger partial charge on any atom is 0.233 e. The molecule has 1 amide bonds. The highest BCUT2D eigenvalue weighted by molar-refractivity contribution is 6.33. The van der Waals surface area contributed by atoms with Gasteiger partial charge < -0.3 is 0 Å². The molecule has 0 aliphatic heterocycles. The van der Waals surface area contributed by atoms with Gasteiger partial charge in [-0.25, -0.2) is 5.84 Å². The molecule has 0 bridgehead atoms. The van der Waals surface area contributed by atoms with E-state index in [9.17, 15) is 14.4 Å². The summed E-state index contributed by atoms with van der Waals surface area (Å²) in [6, 6.07) is 0. The van der Waals surface area contributed by atoms with E-state index >= 15 is 0 Å². The third-order valence-corrected chi connectivity index (χ3v) is 2.53. The van der Waals surface area contributed by atoms with E-state index in [0.717, 1.165) is 19.3 Å². The van der Waals surface area contributed by atoms with E-state index in [0.29, 0.717) is 12.8 Å². The van der Waals surface area contributed by atoms with Gasteiger partial charge in [0.2, 0.25) is 5.91 Å². The van der Waals surface area contributed by atoms with Crippen molar-refractivity contribution in [2.45, 2.75) is 32.1 Å². The molecule has 5 heteroatoms. The second-order valence-corrected chi connectivity index (χ2v) is 3.85. The lowest BCUT2D eigenvalue weighted by Gasteiger charge is -1.99. The minimum absolute atomic E-state index is 0.172. The van der Waals surface area contributed by atoms with Crippen molar-refractivity contribution in [3.8, 4) is 0 Å². The highest BCUT2D eigenvalue weighted by atomic mass is 16.2. The number of nitrogens with two attached hydrogens (primary N) is 1. The van der Waals surface area contributed by atoms with Crippen molar-refractivity contribution >= 4 is 17.5 Å². The Kier molecular flexibility index (Phi) is 5.29. The Labute approximate surface area is 99.7 Å². The fourth-order valence-electron chi connectivity index (χ4n) is 1.58. The Morgan fingerprint density at radius 2 is 1.82 bits per heavy atom. The number of hydrogen-bond donors (Lipinski definition) is 2. The van der Waals surface area contributed by atoms with Gasteiger partial charge in [0.15, 0.2) is 11.6 Å². The number of allylic oxidation sites excluding steroid dienone is 4. The molecule has 0 saturated carbocycles. The molecule has 92 valence electrons. The van der Waals surface area contributed by atoms with Gasteiger partial charge in [-0.3, -0.25) is 19.8 Å². The van der Waals surface area contributed by atoms with E-state index in [1.165, 1.54) is 12.2 Å². The SMILES string of the molecule is NNC(=O)CCCCCC=C1C(=O)C=CC1=O. The minimum atomic E-state index is -0.211. The van der Waals surface area contributed by atoms with Gasteiger partial charge in [-0.2, -0.15) is 0 Å². The van der Waals surface area contributed by atoms with E-state index < -0.39 is 0 Å². The van der Waals surface area contributed by atoms with Crippen LogP contribution in [-0.4, -0.2) is 17.5 Å². The number of carbonyl (C=O) groups is 3. The van der Waals surface area contributed by atoms with E-state index in [2.05, 4.69) is 5.43 Å². The Morgan fingerprint density at radius 3 is 2.41 bits per heavy atom. The van der Waals surface area contributed by atoms with Crippen LogP contribution in [0.2, 0.25) is 0 Å². The van der Waals surface area contributed by atoms with Gasteiger partial charge in [0.1, 0.15) is 0 Å². The molecular formula is C12H16N2O3. The summed E-state index contributed by atoms with van der Waals surface area (Å²) in [5.74, 6) is 4.34. The first-order valence-corrected chi connectivity index (χ1v) is 5.61. The summed E-state index contributed by atoms with van der Waals surface area (Å²) in [6.07, 6.45) is 7.82. The van der Waals surface area contributed by atoms with Crippen LogP contribution in [0.15, 0.2) is 23.8 Å². The lowest BCUT2D eigenvalue weighted by Crippen LogP contribution is -2.29. The molecule has 17 heavy (non-hydrogen) atoms. The Morgan fingerprint density at radius 1 is 1.18 bits per heavy atom. The fourth-order valence-corrected chi connectivity index (χ4v) is 1.58. The second kappa shape index (κ2) is 6.75. The molecule has 0 heterocycles. The largest absolute Gasteiger partial charge is 0.294 e. The average molecular weight is 236 g/mol. The second-order valence-electron chi connectivity index (χ2n) is 3.85. The summed E-state index contributed by atoms with van der Waals surface area (Å²) in [4.78, 5) is 33.2. The van der Waals surface area contributed by atoms with Crippen molar-refractivity contribution in [3.63, 3.8) is 0 Å². The van der Waals surface area contributed by atoms with Gasteiger partial charge in [-0.1, -0.05) is 12.5 Å². The van der Waals surface area contributed by atoms with E-state index in [1.807, 2.05) is 0 Å². The van der Waals surface area contributed by atoms with Crippen molar-refractivity contribution in [2.24, 2.45) is 5.84 Å². The quantitative estimate of drug-likeness (QED) is 0.176. The van der Waals surface area contributed by atoms with Crippen molar-refractivity contribution in [1.82, 2.24) is 5.43 Å². The molecule has 0 spiro atoms.